The highest BCUT2D eigenvalue weighted by atomic mass is 16.3. The van der Waals surface area contributed by atoms with E-state index < -0.39 is 5.41 Å². The van der Waals surface area contributed by atoms with Gasteiger partial charge in [0, 0.05) is 22.3 Å². The minimum absolute atomic E-state index is 0.539. The zero-order valence-corrected chi connectivity index (χ0v) is 33.4. The van der Waals surface area contributed by atoms with Crippen LogP contribution in [-0.4, -0.2) is 0 Å². The topological polar surface area (TPSA) is 16.4 Å². The zero-order chi connectivity index (χ0) is 40.3. The van der Waals surface area contributed by atoms with Crippen molar-refractivity contribution in [3.8, 4) is 33.4 Å². The normalized spacial score (nSPS) is 12.7. The van der Waals surface area contributed by atoms with E-state index in [0.717, 1.165) is 50.1 Å². The molecule has 0 bridgehead atoms. The van der Waals surface area contributed by atoms with Crippen molar-refractivity contribution in [1.29, 1.82) is 0 Å². The smallest absolute Gasteiger partial charge is 0.143 e. The Labute approximate surface area is 355 Å². The van der Waals surface area contributed by atoms with Crippen molar-refractivity contribution in [2.75, 3.05) is 4.90 Å². The van der Waals surface area contributed by atoms with E-state index in [2.05, 4.69) is 241 Å². The van der Waals surface area contributed by atoms with E-state index >= 15 is 0 Å². The number of hydrogen-bond acceptors (Lipinski definition) is 2. The monoisotopic (exact) mass is 777 g/mol. The van der Waals surface area contributed by atoms with Crippen molar-refractivity contribution < 1.29 is 4.42 Å². The van der Waals surface area contributed by atoms with Crippen LogP contribution < -0.4 is 4.90 Å². The van der Waals surface area contributed by atoms with E-state index in [1.54, 1.807) is 0 Å². The van der Waals surface area contributed by atoms with E-state index in [4.69, 9.17) is 4.42 Å². The Hall–Kier alpha value is -7.94. The molecule has 1 aliphatic carbocycles. The highest BCUT2D eigenvalue weighted by Crippen LogP contribution is 2.58. The SMILES string of the molecule is c1ccc(-c2ccc(N(c3ccc4c(c3)C(c3ccccc3)(c3ccccc3)c3ccccc3-4)c3cccc4oc5c(-c6ccccc6)cc6ccccc6c5c34)cc2)cc1. The van der Waals surface area contributed by atoms with Gasteiger partial charge in [-0.1, -0.05) is 194 Å². The van der Waals surface area contributed by atoms with Crippen LogP contribution in [0.15, 0.2) is 241 Å². The Morgan fingerprint density at radius 1 is 0.361 bits per heavy atom. The molecular formula is C59H39NO. The molecule has 0 fully saturated rings. The number of hydrogen-bond donors (Lipinski definition) is 0. The van der Waals surface area contributed by atoms with Gasteiger partial charge in [0.25, 0.3) is 0 Å². The third kappa shape index (κ3) is 5.43. The average Bonchev–Trinajstić information content (AvgIpc) is 3.88. The first-order valence-corrected chi connectivity index (χ1v) is 21.0. The maximum Gasteiger partial charge on any atom is 0.143 e. The molecule has 0 saturated heterocycles. The summed E-state index contributed by atoms with van der Waals surface area (Å²) in [6, 6.07) is 85.9. The van der Waals surface area contributed by atoms with Crippen LogP contribution >= 0.6 is 0 Å². The first-order chi connectivity index (χ1) is 30.3. The zero-order valence-electron chi connectivity index (χ0n) is 33.4. The van der Waals surface area contributed by atoms with Gasteiger partial charge in [0.2, 0.25) is 0 Å². The van der Waals surface area contributed by atoms with Gasteiger partial charge in [0.1, 0.15) is 11.2 Å². The summed E-state index contributed by atoms with van der Waals surface area (Å²) < 4.78 is 7.02. The molecule has 0 unspecified atom stereocenters. The lowest BCUT2D eigenvalue weighted by molar-refractivity contribution is 0.670. The summed E-state index contributed by atoms with van der Waals surface area (Å²) in [5.74, 6) is 0. The molecule has 1 aliphatic rings. The van der Waals surface area contributed by atoms with Crippen molar-refractivity contribution in [1.82, 2.24) is 0 Å². The number of anilines is 3. The summed E-state index contributed by atoms with van der Waals surface area (Å²) in [6.45, 7) is 0. The Morgan fingerprint density at radius 2 is 0.934 bits per heavy atom. The maximum atomic E-state index is 7.02. The molecule has 1 heterocycles. The number of fused-ring (bicyclic) bond motifs is 8. The summed E-state index contributed by atoms with van der Waals surface area (Å²) in [5, 5.41) is 4.54. The molecule has 1 aromatic heterocycles. The van der Waals surface area contributed by atoms with Crippen LogP contribution in [0.25, 0.3) is 66.1 Å². The Kier molecular flexibility index (Phi) is 8.11. The predicted molar refractivity (Wildman–Crippen MR) is 254 cm³/mol. The van der Waals surface area contributed by atoms with Gasteiger partial charge in [-0.2, -0.15) is 0 Å². The molecule has 61 heavy (non-hydrogen) atoms. The van der Waals surface area contributed by atoms with Crippen molar-refractivity contribution in [3.63, 3.8) is 0 Å². The lowest BCUT2D eigenvalue weighted by atomic mass is 9.67. The second-order valence-electron chi connectivity index (χ2n) is 16.0. The van der Waals surface area contributed by atoms with E-state index in [0.29, 0.717) is 0 Å². The summed E-state index contributed by atoms with van der Waals surface area (Å²) in [4.78, 5) is 2.44. The first kappa shape index (κ1) is 35.0. The second-order valence-corrected chi connectivity index (χ2v) is 16.0. The average molecular weight is 778 g/mol. The summed E-state index contributed by atoms with van der Waals surface area (Å²) in [6.07, 6.45) is 0. The molecule has 0 saturated carbocycles. The molecule has 286 valence electrons. The van der Waals surface area contributed by atoms with Crippen LogP contribution in [0.5, 0.6) is 0 Å². The lowest BCUT2D eigenvalue weighted by Crippen LogP contribution is -2.28. The van der Waals surface area contributed by atoms with Crippen LogP contribution in [0.1, 0.15) is 22.3 Å². The molecule has 12 rings (SSSR count). The van der Waals surface area contributed by atoms with Gasteiger partial charge in [-0.3, -0.25) is 0 Å². The molecule has 2 heteroatoms. The van der Waals surface area contributed by atoms with Gasteiger partial charge < -0.3 is 9.32 Å². The third-order valence-corrected chi connectivity index (χ3v) is 12.7. The third-order valence-electron chi connectivity index (χ3n) is 12.7. The Morgan fingerprint density at radius 3 is 1.66 bits per heavy atom. The standard InChI is InChI=1S/C59H39NO/c1-5-18-40(19-6-1)41-32-34-46(35-33-41)60(54-30-17-31-55-57(54)56-48-27-14-13-22-43(48)38-51(58(56)61-55)42-20-7-2-8-21-42)47-36-37-50-49-28-15-16-29-52(49)59(53(50)39-47,44-23-9-3-10-24-44)45-25-11-4-12-26-45/h1-39H. The van der Waals surface area contributed by atoms with E-state index in [1.807, 2.05) is 0 Å². The van der Waals surface area contributed by atoms with Gasteiger partial charge in [0.05, 0.1) is 16.5 Å². The minimum atomic E-state index is -0.539. The Bertz CT molecular complexity index is 3350. The largest absolute Gasteiger partial charge is 0.455 e. The van der Waals surface area contributed by atoms with Gasteiger partial charge in [-0.15, -0.1) is 0 Å². The van der Waals surface area contributed by atoms with Gasteiger partial charge in [-0.25, -0.2) is 0 Å². The molecule has 2 nitrogen and oxygen atoms in total. The fourth-order valence-electron chi connectivity index (χ4n) is 10.1. The van der Waals surface area contributed by atoms with Crippen LogP contribution in [0.3, 0.4) is 0 Å². The summed E-state index contributed by atoms with van der Waals surface area (Å²) >= 11 is 0. The van der Waals surface area contributed by atoms with Crippen LogP contribution in [0.2, 0.25) is 0 Å². The van der Waals surface area contributed by atoms with Crippen molar-refractivity contribution in [2.24, 2.45) is 0 Å². The first-order valence-electron chi connectivity index (χ1n) is 21.0. The molecule has 0 atom stereocenters. The maximum absolute atomic E-state index is 7.02. The highest BCUT2D eigenvalue weighted by Gasteiger charge is 2.46. The van der Waals surface area contributed by atoms with E-state index in [9.17, 15) is 0 Å². The number of furan rings is 1. The van der Waals surface area contributed by atoms with Gasteiger partial charge in [-0.05, 0) is 103 Å². The summed E-state index contributed by atoms with van der Waals surface area (Å²) in [5.41, 5.74) is 16.5. The lowest BCUT2D eigenvalue weighted by Gasteiger charge is -2.35. The fourth-order valence-corrected chi connectivity index (χ4v) is 10.1. The Balaban J connectivity index is 1.17. The van der Waals surface area contributed by atoms with Crippen molar-refractivity contribution >= 4 is 49.8 Å². The highest BCUT2D eigenvalue weighted by molar-refractivity contribution is 6.26. The van der Waals surface area contributed by atoms with Crippen molar-refractivity contribution in [3.05, 3.63) is 259 Å². The number of benzene rings is 10. The number of rotatable bonds is 7. The fraction of sp³-hybridized carbons (Fsp3) is 0.0169. The summed E-state index contributed by atoms with van der Waals surface area (Å²) in [7, 11) is 0. The van der Waals surface area contributed by atoms with Gasteiger partial charge in [0.15, 0.2) is 0 Å². The van der Waals surface area contributed by atoms with Crippen LogP contribution in [0.4, 0.5) is 17.1 Å². The second kappa shape index (κ2) is 14.1. The molecule has 10 aromatic carbocycles. The van der Waals surface area contributed by atoms with Crippen LogP contribution in [0, 0.1) is 0 Å². The quantitative estimate of drug-likeness (QED) is 0.160. The molecule has 0 aliphatic heterocycles. The van der Waals surface area contributed by atoms with Gasteiger partial charge >= 0.3 is 0 Å². The molecule has 0 amide bonds. The van der Waals surface area contributed by atoms with Crippen molar-refractivity contribution in [2.45, 2.75) is 5.41 Å². The minimum Gasteiger partial charge on any atom is -0.455 e. The van der Waals surface area contributed by atoms with E-state index in [1.165, 1.54) is 55.3 Å². The molecule has 0 radical (unpaired) electrons. The number of nitrogens with zero attached hydrogens (tertiary/aromatic N) is 1. The molecular weight excluding hydrogens is 739 g/mol. The predicted octanol–water partition coefficient (Wildman–Crippen LogP) is 15.9. The molecule has 11 aromatic rings. The molecule has 0 spiro atoms. The molecule has 0 N–H and O–H groups in total. The van der Waals surface area contributed by atoms with Crippen LogP contribution in [-0.2, 0) is 5.41 Å². The van der Waals surface area contributed by atoms with E-state index in [-0.39, 0.29) is 0 Å².